The minimum absolute atomic E-state index is 0.592. The SMILES string of the molecule is C=CCc1cc(N)ccc1OCC(C)CCC. The molecule has 1 unspecified atom stereocenters. The highest BCUT2D eigenvalue weighted by Crippen LogP contribution is 2.23. The number of ether oxygens (including phenoxy) is 1. The number of rotatable bonds is 7. The normalized spacial score (nSPS) is 12.1. The number of nitrogens with two attached hydrogens (primary N) is 1. The second-order valence-corrected chi connectivity index (χ2v) is 4.56. The predicted octanol–water partition coefficient (Wildman–Crippen LogP) is 3.81. The number of anilines is 1. The summed E-state index contributed by atoms with van der Waals surface area (Å²) in [6, 6.07) is 5.79. The molecule has 0 bridgehead atoms. The third-order valence-electron chi connectivity index (χ3n) is 2.75. The monoisotopic (exact) mass is 233 g/mol. The molecule has 1 rings (SSSR count). The molecule has 94 valence electrons. The Labute approximate surface area is 104 Å². The highest BCUT2D eigenvalue weighted by Gasteiger charge is 2.06. The Hall–Kier alpha value is -1.44. The fourth-order valence-corrected chi connectivity index (χ4v) is 1.86. The van der Waals surface area contributed by atoms with Crippen LogP contribution in [0.1, 0.15) is 32.3 Å². The highest BCUT2D eigenvalue weighted by atomic mass is 16.5. The largest absolute Gasteiger partial charge is 0.493 e. The lowest BCUT2D eigenvalue weighted by Crippen LogP contribution is -2.09. The summed E-state index contributed by atoms with van der Waals surface area (Å²) in [5, 5.41) is 0. The molecule has 1 atom stereocenters. The number of nitrogen functional groups attached to an aromatic ring is 1. The van der Waals surface area contributed by atoms with E-state index in [1.165, 1.54) is 12.8 Å². The zero-order chi connectivity index (χ0) is 12.7. The first-order valence-electron chi connectivity index (χ1n) is 6.29. The molecular weight excluding hydrogens is 210 g/mol. The van der Waals surface area contributed by atoms with Crippen LogP contribution in [0.4, 0.5) is 5.69 Å². The van der Waals surface area contributed by atoms with Crippen molar-refractivity contribution in [2.45, 2.75) is 33.1 Å². The molecule has 0 aliphatic rings. The zero-order valence-electron chi connectivity index (χ0n) is 10.9. The third kappa shape index (κ3) is 4.51. The van der Waals surface area contributed by atoms with Crippen molar-refractivity contribution < 1.29 is 4.74 Å². The summed E-state index contributed by atoms with van der Waals surface area (Å²) in [5.74, 6) is 1.52. The Kier molecular flexibility index (Phi) is 5.61. The first-order chi connectivity index (χ1) is 8.17. The molecule has 0 saturated carbocycles. The molecule has 0 aromatic heterocycles. The average Bonchev–Trinajstić information content (AvgIpc) is 2.29. The summed E-state index contributed by atoms with van der Waals surface area (Å²) in [7, 11) is 0. The van der Waals surface area contributed by atoms with Gasteiger partial charge in [0.05, 0.1) is 6.61 Å². The van der Waals surface area contributed by atoms with E-state index in [-0.39, 0.29) is 0 Å². The van der Waals surface area contributed by atoms with Crippen molar-refractivity contribution in [1.82, 2.24) is 0 Å². The first-order valence-corrected chi connectivity index (χ1v) is 6.29. The third-order valence-corrected chi connectivity index (χ3v) is 2.75. The molecular formula is C15H23NO. The lowest BCUT2D eigenvalue weighted by atomic mass is 10.1. The van der Waals surface area contributed by atoms with Gasteiger partial charge in [-0.05, 0) is 42.5 Å². The average molecular weight is 233 g/mol. The fourth-order valence-electron chi connectivity index (χ4n) is 1.86. The summed E-state index contributed by atoms with van der Waals surface area (Å²) in [6.07, 6.45) is 5.07. The van der Waals surface area contributed by atoms with Crippen LogP contribution < -0.4 is 10.5 Å². The minimum Gasteiger partial charge on any atom is -0.493 e. The molecule has 0 aliphatic heterocycles. The van der Waals surface area contributed by atoms with E-state index in [0.29, 0.717) is 5.92 Å². The van der Waals surface area contributed by atoms with Crippen LogP contribution in [0.2, 0.25) is 0 Å². The Morgan fingerprint density at radius 1 is 1.47 bits per heavy atom. The lowest BCUT2D eigenvalue weighted by molar-refractivity contribution is 0.250. The second kappa shape index (κ2) is 7.00. The van der Waals surface area contributed by atoms with Crippen LogP contribution >= 0.6 is 0 Å². The maximum absolute atomic E-state index is 5.86. The van der Waals surface area contributed by atoms with Crippen molar-refractivity contribution in [3.8, 4) is 5.75 Å². The van der Waals surface area contributed by atoms with Gasteiger partial charge in [0.25, 0.3) is 0 Å². The molecule has 0 heterocycles. The molecule has 0 saturated heterocycles. The van der Waals surface area contributed by atoms with E-state index >= 15 is 0 Å². The van der Waals surface area contributed by atoms with Crippen molar-refractivity contribution in [3.05, 3.63) is 36.4 Å². The van der Waals surface area contributed by atoms with Crippen LogP contribution in [0.25, 0.3) is 0 Å². The van der Waals surface area contributed by atoms with Crippen LogP contribution in [-0.2, 0) is 6.42 Å². The predicted molar refractivity (Wildman–Crippen MR) is 74.3 cm³/mol. The maximum Gasteiger partial charge on any atom is 0.122 e. The number of benzene rings is 1. The lowest BCUT2D eigenvalue weighted by Gasteiger charge is -2.15. The Balaban J connectivity index is 2.65. The molecule has 2 heteroatoms. The number of hydrogen-bond acceptors (Lipinski definition) is 2. The first kappa shape index (κ1) is 13.6. The van der Waals surface area contributed by atoms with Crippen molar-refractivity contribution in [2.75, 3.05) is 12.3 Å². The highest BCUT2D eigenvalue weighted by molar-refractivity contribution is 5.48. The molecule has 0 fully saturated rings. The fraction of sp³-hybridized carbons (Fsp3) is 0.467. The van der Waals surface area contributed by atoms with E-state index in [1.807, 2.05) is 24.3 Å². The van der Waals surface area contributed by atoms with Gasteiger partial charge in [-0.3, -0.25) is 0 Å². The van der Waals surface area contributed by atoms with Crippen LogP contribution in [-0.4, -0.2) is 6.61 Å². The topological polar surface area (TPSA) is 35.2 Å². The molecule has 1 aromatic rings. The Morgan fingerprint density at radius 3 is 2.88 bits per heavy atom. The second-order valence-electron chi connectivity index (χ2n) is 4.56. The van der Waals surface area contributed by atoms with E-state index in [2.05, 4.69) is 20.4 Å². The maximum atomic E-state index is 5.86. The van der Waals surface area contributed by atoms with Crippen molar-refractivity contribution in [3.63, 3.8) is 0 Å². The Bertz CT molecular complexity index is 360. The van der Waals surface area contributed by atoms with Crippen molar-refractivity contribution >= 4 is 5.69 Å². The summed E-state index contributed by atoms with van der Waals surface area (Å²) >= 11 is 0. The molecule has 2 nitrogen and oxygen atoms in total. The summed E-state index contributed by atoms with van der Waals surface area (Å²) < 4.78 is 5.86. The smallest absolute Gasteiger partial charge is 0.122 e. The van der Waals surface area contributed by atoms with Gasteiger partial charge in [-0.15, -0.1) is 6.58 Å². The van der Waals surface area contributed by atoms with Gasteiger partial charge in [0.2, 0.25) is 0 Å². The number of hydrogen-bond donors (Lipinski definition) is 1. The Morgan fingerprint density at radius 2 is 2.24 bits per heavy atom. The molecule has 2 N–H and O–H groups in total. The van der Waals surface area contributed by atoms with Crippen molar-refractivity contribution in [1.29, 1.82) is 0 Å². The van der Waals surface area contributed by atoms with Gasteiger partial charge in [0.1, 0.15) is 5.75 Å². The quantitative estimate of drug-likeness (QED) is 0.574. The summed E-state index contributed by atoms with van der Waals surface area (Å²) in [4.78, 5) is 0. The van der Waals surface area contributed by atoms with E-state index in [1.54, 1.807) is 0 Å². The van der Waals surface area contributed by atoms with E-state index in [9.17, 15) is 0 Å². The van der Waals surface area contributed by atoms with Crippen LogP contribution in [0.3, 0.4) is 0 Å². The molecule has 0 radical (unpaired) electrons. The van der Waals surface area contributed by atoms with E-state index in [4.69, 9.17) is 10.5 Å². The van der Waals surface area contributed by atoms with Gasteiger partial charge in [0.15, 0.2) is 0 Å². The van der Waals surface area contributed by atoms with E-state index in [0.717, 1.165) is 30.0 Å². The van der Waals surface area contributed by atoms with E-state index < -0.39 is 0 Å². The zero-order valence-corrected chi connectivity index (χ0v) is 10.9. The van der Waals surface area contributed by atoms with Gasteiger partial charge in [-0.25, -0.2) is 0 Å². The van der Waals surface area contributed by atoms with Gasteiger partial charge < -0.3 is 10.5 Å². The van der Waals surface area contributed by atoms with Crippen LogP contribution in [0.15, 0.2) is 30.9 Å². The standard InChI is InChI=1S/C15H23NO/c1-4-6-12(3)11-17-15-9-8-14(16)10-13(15)7-5-2/h5,8-10,12H,2,4,6-7,11,16H2,1,3H3. The molecule has 0 spiro atoms. The van der Waals surface area contributed by atoms with Gasteiger partial charge in [0, 0.05) is 5.69 Å². The van der Waals surface area contributed by atoms with Gasteiger partial charge in [-0.1, -0.05) is 26.3 Å². The van der Waals surface area contributed by atoms with Crippen LogP contribution in [0, 0.1) is 5.92 Å². The molecule has 0 aliphatic carbocycles. The van der Waals surface area contributed by atoms with Crippen LogP contribution in [0.5, 0.6) is 5.75 Å². The van der Waals surface area contributed by atoms with Gasteiger partial charge >= 0.3 is 0 Å². The molecule has 0 amide bonds. The molecule has 17 heavy (non-hydrogen) atoms. The number of allylic oxidation sites excluding steroid dienone is 1. The van der Waals surface area contributed by atoms with Crippen molar-refractivity contribution in [2.24, 2.45) is 5.92 Å². The summed E-state index contributed by atoms with van der Waals surface area (Å²) in [6.45, 7) is 8.93. The minimum atomic E-state index is 0.592. The summed E-state index contributed by atoms with van der Waals surface area (Å²) in [5.41, 5.74) is 7.66. The van der Waals surface area contributed by atoms with Gasteiger partial charge in [-0.2, -0.15) is 0 Å². The molecule has 1 aromatic carbocycles.